The number of rotatable bonds is 7. The zero-order chi connectivity index (χ0) is 18.4. The molecule has 0 bridgehead atoms. The van der Waals surface area contributed by atoms with Gasteiger partial charge in [-0.1, -0.05) is 17.7 Å². The van der Waals surface area contributed by atoms with E-state index in [1.807, 2.05) is 24.3 Å². The molecule has 0 heterocycles. The summed E-state index contributed by atoms with van der Waals surface area (Å²) in [7, 11) is -1.91. The highest BCUT2D eigenvalue weighted by Crippen LogP contribution is 2.20. The van der Waals surface area contributed by atoms with Crippen LogP contribution in [0.25, 0.3) is 0 Å². The van der Waals surface area contributed by atoms with Crippen LogP contribution in [0.1, 0.15) is 10.4 Å². The molecule has 0 fully saturated rings. The first-order chi connectivity index (χ1) is 11.8. The Labute approximate surface area is 157 Å². The van der Waals surface area contributed by atoms with Gasteiger partial charge in [0.05, 0.1) is 11.9 Å². The van der Waals surface area contributed by atoms with Crippen LogP contribution in [0.4, 0.5) is 5.69 Å². The third kappa shape index (κ3) is 5.95. The molecule has 0 saturated carbocycles. The fourth-order valence-electron chi connectivity index (χ4n) is 2.00. The van der Waals surface area contributed by atoms with Gasteiger partial charge in [-0.25, -0.2) is 8.42 Å². The van der Waals surface area contributed by atoms with Gasteiger partial charge in [-0.05, 0) is 42.5 Å². The standard InChI is InChI=1S/C17H19ClN2O3S2/c1-20(25(2,22)23)15-5-3-4-13(12-15)17(21)19-10-11-24-16-8-6-14(18)7-9-16/h3-9,12H,10-11H2,1-2H3,(H,19,21). The number of hydrogen-bond donors (Lipinski definition) is 1. The average Bonchev–Trinajstić information content (AvgIpc) is 2.58. The zero-order valence-corrected chi connectivity index (χ0v) is 16.3. The molecule has 2 aromatic carbocycles. The minimum absolute atomic E-state index is 0.236. The lowest BCUT2D eigenvalue weighted by molar-refractivity contribution is 0.0956. The van der Waals surface area contributed by atoms with E-state index in [0.717, 1.165) is 21.2 Å². The number of amides is 1. The van der Waals surface area contributed by atoms with Crippen molar-refractivity contribution in [2.45, 2.75) is 4.90 Å². The molecule has 134 valence electrons. The highest BCUT2D eigenvalue weighted by Gasteiger charge is 2.14. The molecule has 5 nitrogen and oxygen atoms in total. The Kier molecular flexibility index (Phi) is 6.75. The molecule has 25 heavy (non-hydrogen) atoms. The Morgan fingerprint density at radius 2 is 1.88 bits per heavy atom. The van der Waals surface area contributed by atoms with Crippen molar-refractivity contribution in [2.24, 2.45) is 0 Å². The maximum absolute atomic E-state index is 12.2. The van der Waals surface area contributed by atoms with Crippen molar-refractivity contribution in [2.75, 3.05) is 29.9 Å². The van der Waals surface area contributed by atoms with Crippen molar-refractivity contribution in [3.8, 4) is 0 Å². The summed E-state index contributed by atoms with van der Waals surface area (Å²) >= 11 is 7.45. The van der Waals surface area contributed by atoms with Crippen LogP contribution in [0.2, 0.25) is 5.02 Å². The summed E-state index contributed by atoms with van der Waals surface area (Å²) in [6.45, 7) is 0.498. The SMILES string of the molecule is CN(c1cccc(C(=O)NCCSc2ccc(Cl)cc2)c1)S(C)(=O)=O. The minimum Gasteiger partial charge on any atom is -0.351 e. The molecule has 0 saturated heterocycles. The van der Waals surface area contributed by atoms with Gasteiger partial charge in [-0.15, -0.1) is 11.8 Å². The third-order valence-corrected chi connectivity index (χ3v) is 5.91. The second-order valence-corrected chi connectivity index (χ2v) is 8.96. The molecule has 0 unspecified atom stereocenters. The summed E-state index contributed by atoms with van der Waals surface area (Å²) < 4.78 is 24.3. The lowest BCUT2D eigenvalue weighted by Gasteiger charge is -2.17. The molecule has 0 aromatic heterocycles. The normalized spacial score (nSPS) is 11.2. The molecule has 0 aliphatic carbocycles. The van der Waals surface area contributed by atoms with E-state index in [1.165, 1.54) is 7.05 Å². The predicted octanol–water partition coefficient (Wildman–Crippen LogP) is 3.26. The molecule has 0 spiro atoms. The van der Waals surface area contributed by atoms with E-state index in [0.29, 0.717) is 22.8 Å². The molecule has 8 heteroatoms. The number of carbonyl (C=O) groups is 1. The predicted molar refractivity (Wildman–Crippen MR) is 104 cm³/mol. The van der Waals surface area contributed by atoms with Crippen LogP contribution in [-0.2, 0) is 10.0 Å². The van der Waals surface area contributed by atoms with Crippen molar-refractivity contribution in [3.63, 3.8) is 0 Å². The van der Waals surface area contributed by atoms with Gasteiger partial charge in [-0.2, -0.15) is 0 Å². The summed E-state index contributed by atoms with van der Waals surface area (Å²) in [5.74, 6) is 0.483. The Morgan fingerprint density at radius 1 is 1.20 bits per heavy atom. The van der Waals surface area contributed by atoms with Gasteiger partial charge in [0.25, 0.3) is 5.91 Å². The van der Waals surface area contributed by atoms with Crippen LogP contribution in [0, 0.1) is 0 Å². The first-order valence-electron chi connectivity index (χ1n) is 7.48. The fourth-order valence-corrected chi connectivity index (χ4v) is 3.39. The quantitative estimate of drug-likeness (QED) is 0.574. The van der Waals surface area contributed by atoms with Crippen LogP contribution in [-0.4, -0.2) is 39.9 Å². The number of halogens is 1. The highest BCUT2D eigenvalue weighted by atomic mass is 35.5. The number of carbonyl (C=O) groups excluding carboxylic acids is 1. The average molecular weight is 399 g/mol. The number of nitrogens with zero attached hydrogens (tertiary/aromatic N) is 1. The van der Waals surface area contributed by atoms with Gasteiger partial charge >= 0.3 is 0 Å². The minimum atomic E-state index is -3.36. The highest BCUT2D eigenvalue weighted by molar-refractivity contribution is 7.99. The van der Waals surface area contributed by atoms with Gasteiger partial charge in [-0.3, -0.25) is 9.10 Å². The Bertz CT molecular complexity index is 839. The van der Waals surface area contributed by atoms with Gasteiger partial charge in [0.15, 0.2) is 0 Å². The number of benzene rings is 2. The lowest BCUT2D eigenvalue weighted by Crippen LogP contribution is -2.27. The van der Waals surface area contributed by atoms with Crippen LogP contribution >= 0.6 is 23.4 Å². The number of sulfonamides is 1. The molecule has 0 radical (unpaired) electrons. The second-order valence-electron chi connectivity index (χ2n) is 5.34. The van der Waals surface area contributed by atoms with Crippen molar-refractivity contribution in [1.29, 1.82) is 0 Å². The number of nitrogens with one attached hydrogen (secondary N) is 1. The zero-order valence-electron chi connectivity index (χ0n) is 13.9. The van der Waals surface area contributed by atoms with E-state index < -0.39 is 10.0 Å². The maximum Gasteiger partial charge on any atom is 0.251 e. The van der Waals surface area contributed by atoms with Gasteiger partial charge < -0.3 is 5.32 Å². The van der Waals surface area contributed by atoms with Crippen molar-refractivity contribution in [3.05, 3.63) is 59.1 Å². The van der Waals surface area contributed by atoms with E-state index in [2.05, 4.69) is 5.32 Å². The molecular weight excluding hydrogens is 380 g/mol. The summed E-state index contributed by atoms with van der Waals surface area (Å²) in [6, 6.07) is 14.0. The summed E-state index contributed by atoms with van der Waals surface area (Å²) in [4.78, 5) is 13.3. The molecule has 2 aromatic rings. The van der Waals surface area contributed by atoms with E-state index in [9.17, 15) is 13.2 Å². The summed E-state index contributed by atoms with van der Waals surface area (Å²) in [5.41, 5.74) is 0.871. The molecule has 0 aliphatic rings. The summed E-state index contributed by atoms with van der Waals surface area (Å²) in [5, 5.41) is 3.52. The number of hydrogen-bond acceptors (Lipinski definition) is 4. The fraction of sp³-hybridized carbons (Fsp3) is 0.235. The molecule has 1 N–H and O–H groups in total. The van der Waals surface area contributed by atoms with Crippen molar-refractivity contribution >= 4 is 45.0 Å². The van der Waals surface area contributed by atoms with E-state index in [1.54, 1.807) is 36.0 Å². The van der Waals surface area contributed by atoms with Gasteiger partial charge in [0.2, 0.25) is 10.0 Å². The first-order valence-corrected chi connectivity index (χ1v) is 10.7. The van der Waals surface area contributed by atoms with Crippen LogP contribution < -0.4 is 9.62 Å². The van der Waals surface area contributed by atoms with Crippen LogP contribution in [0.3, 0.4) is 0 Å². The van der Waals surface area contributed by atoms with E-state index in [4.69, 9.17) is 11.6 Å². The largest absolute Gasteiger partial charge is 0.351 e. The van der Waals surface area contributed by atoms with Crippen molar-refractivity contribution in [1.82, 2.24) is 5.32 Å². The Morgan fingerprint density at radius 3 is 2.52 bits per heavy atom. The smallest absolute Gasteiger partial charge is 0.251 e. The van der Waals surface area contributed by atoms with Gasteiger partial charge in [0.1, 0.15) is 0 Å². The molecule has 1 amide bonds. The van der Waals surface area contributed by atoms with Gasteiger partial charge in [0, 0.05) is 34.8 Å². The third-order valence-electron chi connectivity index (χ3n) is 3.44. The second kappa shape index (κ2) is 8.60. The maximum atomic E-state index is 12.2. The molecule has 2 rings (SSSR count). The first kappa shape index (κ1) is 19.6. The molecular formula is C17H19ClN2O3S2. The Balaban J connectivity index is 1.89. The topological polar surface area (TPSA) is 66.5 Å². The number of anilines is 1. The van der Waals surface area contributed by atoms with Crippen molar-refractivity contribution < 1.29 is 13.2 Å². The number of thioether (sulfide) groups is 1. The summed E-state index contributed by atoms with van der Waals surface area (Å²) in [6.07, 6.45) is 1.12. The van der Waals surface area contributed by atoms with E-state index >= 15 is 0 Å². The van der Waals surface area contributed by atoms with E-state index in [-0.39, 0.29) is 5.91 Å². The van der Waals surface area contributed by atoms with Crippen LogP contribution in [0.15, 0.2) is 53.4 Å². The van der Waals surface area contributed by atoms with Crippen LogP contribution in [0.5, 0.6) is 0 Å². The molecule has 0 aliphatic heterocycles. The molecule has 0 atom stereocenters. The Hall–Kier alpha value is -1.70. The lowest BCUT2D eigenvalue weighted by atomic mass is 10.2. The monoisotopic (exact) mass is 398 g/mol.